The molecule has 0 bridgehead atoms. The molecule has 0 aliphatic carbocycles. The molecule has 4 rings (SSSR count). The van der Waals surface area contributed by atoms with E-state index >= 15 is 0 Å². The quantitative estimate of drug-likeness (QED) is 0.861. The zero-order valence-corrected chi connectivity index (χ0v) is 15.4. The van der Waals surface area contributed by atoms with Gasteiger partial charge in [0, 0.05) is 31.9 Å². The Labute approximate surface area is 159 Å². The third-order valence-electron chi connectivity index (χ3n) is 5.09. The number of piperidine rings is 1. The molecule has 0 aromatic carbocycles. The molecule has 4 heterocycles. The summed E-state index contributed by atoms with van der Waals surface area (Å²) in [5.41, 5.74) is 1.71. The predicted octanol–water partition coefficient (Wildman–Crippen LogP) is 2.80. The maximum Gasteiger partial charge on any atom is 0.292 e. The van der Waals surface area contributed by atoms with Gasteiger partial charge in [0.25, 0.3) is 5.91 Å². The summed E-state index contributed by atoms with van der Waals surface area (Å²) in [4.78, 5) is 18.7. The minimum Gasteiger partial charge on any atom is -0.350 e. The van der Waals surface area contributed by atoms with E-state index in [4.69, 9.17) is 4.52 Å². The molecule has 136 valence electrons. The SMILES string of the molecule is Cl.Cl.O=C(c1cc(-c2ccccn2)no1)N1CCC2(CCNC2)CC1. The molecular formula is C17H22Cl2N4O2. The fraction of sp³-hybridized carbons (Fsp3) is 0.471. The molecule has 25 heavy (non-hydrogen) atoms. The number of pyridine rings is 1. The molecule has 0 atom stereocenters. The number of hydrogen-bond donors (Lipinski definition) is 1. The van der Waals surface area contributed by atoms with Crippen molar-refractivity contribution >= 4 is 30.7 Å². The van der Waals surface area contributed by atoms with Gasteiger partial charge in [-0.15, -0.1) is 24.8 Å². The lowest BCUT2D eigenvalue weighted by Gasteiger charge is -2.38. The second-order valence-electron chi connectivity index (χ2n) is 6.51. The fourth-order valence-electron chi connectivity index (χ4n) is 3.57. The van der Waals surface area contributed by atoms with Crippen LogP contribution < -0.4 is 5.32 Å². The van der Waals surface area contributed by atoms with E-state index < -0.39 is 0 Å². The molecule has 2 saturated heterocycles. The third kappa shape index (κ3) is 3.97. The lowest BCUT2D eigenvalue weighted by molar-refractivity contribution is 0.0568. The molecule has 2 aliphatic rings. The van der Waals surface area contributed by atoms with E-state index in [1.54, 1.807) is 12.3 Å². The van der Waals surface area contributed by atoms with E-state index in [2.05, 4.69) is 15.5 Å². The Morgan fingerprint density at radius 1 is 1.16 bits per heavy atom. The third-order valence-corrected chi connectivity index (χ3v) is 5.09. The summed E-state index contributed by atoms with van der Waals surface area (Å²) in [7, 11) is 0. The van der Waals surface area contributed by atoms with Gasteiger partial charge in [-0.1, -0.05) is 11.2 Å². The summed E-state index contributed by atoms with van der Waals surface area (Å²) in [6.07, 6.45) is 5.05. The first-order valence-corrected chi connectivity index (χ1v) is 8.14. The second-order valence-corrected chi connectivity index (χ2v) is 6.51. The van der Waals surface area contributed by atoms with E-state index in [9.17, 15) is 4.79 Å². The van der Waals surface area contributed by atoms with Gasteiger partial charge in [-0.2, -0.15) is 0 Å². The van der Waals surface area contributed by atoms with Gasteiger partial charge in [-0.05, 0) is 43.4 Å². The summed E-state index contributed by atoms with van der Waals surface area (Å²) < 4.78 is 5.26. The minimum absolute atomic E-state index is 0. The van der Waals surface area contributed by atoms with Crippen molar-refractivity contribution < 1.29 is 9.32 Å². The standard InChI is InChI=1S/C17H20N4O2.2ClH/c22-16(21-9-5-17(6-10-21)4-8-18-12-17)15-11-14(20-23-15)13-3-1-2-7-19-13;;/h1-3,7,11,18H,4-6,8-10,12H2;2*1H. The number of carbonyl (C=O) groups is 1. The molecular weight excluding hydrogens is 363 g/mol. The van der Waals surface area contributed by atoms with Gasteiger partial charge in [-0.3, -0.25) is 9.78 Å². The highest BCUT2D eigenvalue weighted by molar-refractivity contribution is 5.92. The molecule has 0 unspecified atom stereocenters. The van der Waals surface area contributed by atoms with Crippen LogP contribution in [0.2, 0.25) is 0 Å². The van der Waals surface area contributed by atoms with Crippen LogP contribution in [0.15, 0.2) is 35.0 Å². The normalized spacial score (nSPS) is 18.5. The van der Waals surface area contributed by atoms with Gasteiger partial charge in [0.2, 0.25) is 5.76 Å². The Bertz CT molecular complexity index is 692. The van der Waals surface area contributed by atoms with Crippen LogP contribution in [0.4, 0.5) is 0 Å². The summed E-state index contributed by atoms with van der Waals surface area (Å²) in [6.45, 7) is 3.77. The molecule has 0 radical (unpaired) electrons. The van der Waals surface area contributed by atoms with Gasteiger partial charge in [0.05, 0.1) is 5.69 Å². The van der Waals surface area contributed by atoms with Crippen molar-refractivity contribution in [3.63, 3.8) is 0 Å². The Balaban J connectivity index is 0.00000113. The zero-order chi connectivity index (χ0) is 15.7. The smallest absolute Gasteiger partial charge is 0.292 e. The Hall–Kier alpha value is -1.63. The predicted molar refractivity (Wildman–Crippen MR) is 99.3 cm³/mol. The summed E-state index contributed by atoms with van der Waals surface area (Å²) in [5, 5.41) is 7.42. The van der Waals surface area contributed by atoms with Crippen LogP contribution in [0.1, 0.15) is 29.8 Å². The van der Waals surface area contributed by atoms with E-state index in [-0.39, 0.29) is 30.7 Å². The van der Waals surface area contributed by atoms with Crippen molar-refractivity contribution in [1.29, 1.82) is 0 Å². The number of amides is 1. The van der Waals surface area contributed by atoms with Crippen molar-refractivity contribution in [3.8, 4) is 11.4 Å². The highest BCUT2D eigenvalue weighted by atomic mass is 35.5. The maximum atomic E-state index is 12.6. The number of nitrogens with one attached hydrogen (secondary N) is 1. The number of halogens is 2. The number of hydrogen-bond acceptors (Lipinski definition) is 5. The van der Waals surface area contributed by atoms with Crippen LogP contribution in [0, 0.1) is 5.41 Å². The topological polar surface area (TPSA) is 71.3 Å². The molecule has 1 N–H and O–H groups in total. The molecule has 8 heteroatoms. The van der Waals surface area contributed by atoms with Crippen LogP contribution in [-0.4, -0.2) is 47.1 Å². The number of nitrogens with zero attached hydrogens (tertiary/aromatic N) is 3. The second kappa shape index (κ2) is 8.17. The molecule has 1 amide bonds. The van der Waals surface area contributed by atoms with Crippen LogP contribution in [0.3, 0.4) is 0 Å². The van der Waals surface area contributed by atoms with Crippen molar-refractivity contribution in [1.82, 2.24) is 20.4 Å². The average Bonchev–Trinajstić information content (AvgIpc) is 3.26. The monoisotopic (exact) mass is 384 g/mol. The summed E-state index contributed by atoms with van der Waals surface area (Å²) in [6, 6.07) is 7.27. The zero-order valence-electron chi connectivity index (χ0n) is 13.8. The van der Waals surface area contributed by atoms with Crippen molar-refractivity contribution in [2.75, 3.05) is 26.2 Å². The summed E-state index contributed by atoms with van der Waals surface area (Å²) >= 11 is 0. The van der Waals surface area contributed by atoms with E-state index in [0.717, 1.165) is 39.0 Å². The number of aromatic nitrogens is 2. The van der Waals surface area contributed by atoms with Gasteiger partial charge in [0.1, 0.15) is 5.69 Å². The van der Waals surface area contributed by atoms with Gasteiger partial charge in [-0.25, -0.2) is 0 Å². The molecule has 1 spiro atoms. The van der Waals surface area contributed by atoms with E-state index in [1.807, 2.05) is 23.1 Å². The van der Waals surface area contributed by atoms with Crippen molar-refractivity contribution in [2.24, 2.45) is 5.41 Å². The Kier molecular flexibility index (Phi) is 6.43. The van der Waals surface area contributed by atoms with Crippen LogP contribution in [0.5, 0.6) is 0 Å². The van der Waals surface area contributed by atoms with Crippen LogP contribution in [-0.2, 0) is 0 Å². The van der Waals surface area contributed by atoms with Crippen LogP contribution in [0.25, 0.3) is 11.4 Å². The molecule has 2 aromatic rings. The first-order valence-electron chi connectivity index (χ1n) is 8.14. The highest BCUT2D eigenvalue weighted by Gasteiger charge is 2.38. The number of rotatable bonds is 2. The summed E-state index contributed by atoms with van der Waals surface area (Å²) in [5.74, 6) is 0.228. The molecule has 6 nitrogen and oxygen atoms in total. The highest BCUT2D eigenvalue weighted by Crippen LogP contribution is 2.37. The number of carbonyl (C=O) groups excluding carboxylic acids is 1. The van der Waals surface area contributed by atoms with Gasteiger partial charge in [0.15, 0.2) is 0 Å². The average molecular weight is 385 g/mol. The molecule has 2 aromatic heterocycles. The molecule has 2 aliphatic heterocycles. The Morgan fingerprint density at radius 3 is 2.60 bits per heavy atom. The van der Waals surface area contributed by atoms with E-state index in [0.29, 0.717) is 22.6 Å². The first-order chi connectivity index (χ1) is 11.3. The van der Waals surface area contributed by atoms with Gasteiger partial charge < -0.3 is 14.7 Å². The number of likely N-dealkylation sites (tertiary alicyclic amines) is 1. The fourth-order valence-corrected chi connectivity index (χ4v) is 3.57. The largest absolute Gasteiger partial charge is 0.350 e. The maximum absolute atomic E-state index is 12.6. The lowest BCUT2D eigenvalue weighted by atomic mass is 9.78. The van der Waals surface area contributed by atoms with Crippen molar-refractivity contribution in [2.45, 2.75) is 19.3 Å². The minimum atomic E-state index is -0.0690. The first kappa shape index (κ1) is 19.7. The van der Waals surface area contributed by atoms with E-state index in [1.165, 1.54) is 6.42 Å². The van der Waals surface area contributed by atoms with Crippen molar-refractivity contribution in [3.05, 3.63) is 36.2 Å². The van der Waals surface area contributed by atoms with Gasteiger partial charge >= 0.3 is 0 Å². The molecule has 2 fully saturated rings. The Morgan fingerprint density at radius 2 is 1.96 bits per heavy atom. The van der Waals surface area contributed by atoms with Crippen LogP contribution >= 0.6 is 24.8 Å². The lowest BCUT2D eigenvalue weighted by Crippen LogP contribution is -2.43. The molecule has 0 saturated carbocycles.